The van der Waals surface area contributed by atoms with Gasteiger partial charge in [-0.2, -0.15) is 0 Å². The summed E-state index contributed by atoms with van der Waals surface area (Å²) in [6.07, 6.45) is 6.63. The smallest absolute Gasteiger partial charge is 0.119 e. The Morgan fingerprint density at radius 3 is 2.65 bits per heavy atom. The van der Waals surface area contributed by atoms with Gasteiger partial charge in [-0.25, -0.2) is 4.39 Å². The first kappa shape index (κ1) is 22.4. The summed E-state index contributed by atoms with van der Waals surface area (Å²) in [5.74, 6) is 2.95. The van der Waals surface area contributed by atoms with E-state index in [9.17, 15) is 5.11 Å². The molecule has 0 radical (unpaired) electrons. The number of ether oxygens (including phenoxy) is 1. The van der Waals surface area contributed by atoms with E-state index < -0.39 is 6.17 Å². The van der Waals surface area contributed by atoms with E-state index in [4.69, 9.17) is 4.74 Å². The number of phenols is 1. The molecule has 3 nitrogen and oxygen atoms in total. The summed E-state index contributed by atoms with van der Waals surface area (Å²) in [5.41, 5.74) is 3.74. The minimum atomic E-state index is -0.699. The zero-order valence-corrected chi connectivity index (χ0v) is 20.4. The van der Waals surface area contributed by atoms with Crippen molar-refractivity contribution in [2.75, 3.05) is 26.2 Å². The summed E-state index contributed by atoms with van der Waals surface area (Å²) in [6, 6.07) is 14.6. The van der Waals surface area contributed by atoms with E-state index in [1.54, 1.807) is 0 Å². The number of aryl methyl sites for hydroxylation is 1. The summed E-state index contributed by atoms with van der Waals surface area (Å²) in [7, 11) is 0. The number of hydrogen-bond donors (Lipinski definition) is 1. The van der Waals surface area contributed by atoms with Gasteiger partial charge in [-0.3, -0.25) is 4.90 Å². The summed E-state index contributed by atoms with van der Waals surface area (Å²) in [4.78, 5) is 2.47. The van der Waals surface area contributed by atoms with E-state index in [0.29, 0.717) is 35.8 Å². The minimum absolute atomic E-state index is 0.231. The van der Waals surface area contributed by atoms with Crippen LogP contribution in [-0.4, -0.2) is 42.4 Å². The van der Waals surface area contributed by atoms with Gasteiger partial charge in [0.2, 0.25) is 0 Å². The number of likely N-dealkylation sites (tertiary alicyclic amines) is 1. The molecular weight excluding hydrogens is 425 g/mol. The van der Waals surface area contributed by atoms with Crippen molar-refractivity contribution in [3.05, 3.63) is 59.2 Å². The normalized spacial score (nSPS) is 34.9. The Morgan fingerprint density at radius 2 is 1.85 bits per heavy atom. The molecule has 4 aliphatic rings. The van der Waals surface area contributed by atoms with E-state index in [1.807, 2.05) is 12.1 Å². The molecular formula is C30H38FNO2. The largest absolute Gasteiger partial charge is 0.508 e. The third-order valence-electron chi connectivity index (χ3n) is 9.78. The Hall–Kier alpha value is -2.07. The number of aromatic hydroxyl groups is 1. The average Bonchev–Trinajstić information content (AvgIpc) is 3.46. The summed E-state index contributed by atoms with van der Waals surface area (Å²) in [6.45, 7) is 6.34. The first-order chi connectivity index (χ1) is 16.5. The number of halogens is 1. The summed E-state index contributed by atoms with van der Waals surface area (Å²) >= 11 is 0. The fraction of sp³-hybridized carbons (Fsp3) is 0.600. The molecule has 6 rings (SSSR count). The van der Waals surface area contributed by atoms with Crippen molar-refractivity contribution >= 4 is 0 Å². The molecule has 3 aliphatic carbocycles. The molecule has 3 fully saturated rings. The second-order valence-corrected chi connectivity index (χ2v) is 11.5. The van der Waals surface area contributed by atoms with Crippen LogP contribution in [0.2, 0.25) is 0 Å². The van der Waals surface area contributed by atoms with Crippen molar-refractivity contribution in [1.82, 2.24) is 4.90 Å². The quantitative estimate of drug-likeness (QED) is 0.553. The van der Waals surface area contributed by atoms with Crippen LogP contribution in [0.15, 0.2) is 42.5 Å². The summed E-state index contributed by atoms with van der Waals surface area (Å²) in [5, 5.41) is 10.1. The first-order valence-corrected chi connectivity index (χ1v) is 13.4. The van der Waals surface area contributed by atoms with Gasteiger partial charge in [0.15, 0.2) is 0 Å². The number of rotatable bonds is 5. The van der Waals surface area contributed by atoms with Gasteiger partial charge in [0.1, 0.15) is 24.3 Å². The Labute approximate surface area is 203 Å². The molecule has 0 bridgehead atoms. The van der Waals surface area contributed by atoms with E-state index in [2.05, 4.69) is 42.2 Å². The maximum absolute atomic E-state index is 15.3. The van der Waals surface area contributed by atoms with Crippen LogP contribution in [0.1, 0.15) is 74.0 Å². The van der Waals surface area contributed by atoms with E-state index in [-0.39, 0.29) is 5.41 Å². The lowest BCUT2D eigenvalue weighted by molar-refractivity contribution is 0.00138. The van der Waals surface area contributed by atoms with E-state index in [1.165, 1.54) is 42.6 Å². The third-order valence-corrected chi connectivity index (χ3v) is 9.78. The molecule has 1 heterocycles. The predicted molar refractivity (Wildman–Crippen MR) is 133 cm³/mol. The molecule has 1 N–H and O–H groups in total. The zero-order valence-electron chi connectivity index (χ0n) is 20.4. The Balaban J connectivity index is 1.27. The topological polar surface area (TPSA) is 32.7 Å². The van der Waals surface area contributed by atoms with Crippen LogP contribution in [0.3, 0.4) is 0 Å². The van der Waals surface area contributed by atoms with Crippen LogP contribution in [0, 0.1) is 17.3 Å². The van der Waals surface area contributed by atoms with Crippen molar-refractivity contribution in [2.24, 2.45) is 17.3 Å². The van der Waals surface area contributed by atoms with Gasteiger partial charge in [-0.1, -0.05) is 25.1 Å². The predicted octanol–water partition coefficient (Wildman–Crippen LogP) is 6.45. The highest BCUT2D eigenvalue weighted by Crippen LogP contribution is 2.65. The SMILES string of the molecule is C[C@]12C[C@H](c3ccc(OCCN4CCCC4)cc3)[C@@H]3c4ccc(O)cc4CC[C@H]3[C@@H]1CC[C@H]2F. The van der Waals surface area contributed by atoms with Crippen LogP contribution in [-0.2, 0) is 6.42 Å². The second-order valence-electron chi connectivity index (χ2n) is 11.5. The molecule has 1 aliphatic heterocycles. The standard InChI is InChI=1S/C30H38FNO2/c1-30-19-26(20-4-8-23(9-5-20)34-17-16-32-14-2-3-15-32)29-24-11-7-22(33)18-21(24)6-10-25(29)27(30)12-13-28(30)31/h4-5,7-9,11,18,25-29,33H,2-3,6,10,12-17,19H2,1H3/t25-,26+,27-,28+,29+,30-/m0/s1. The number of nitrogens with zero attached hydrogens (tertiary/aromatic N) is 1. The van der Waals surface area contributed by atoms with Crippen LogP contribution < -0.4 is 4.74 Å². The summed E-state index contributed by atoms with van der Waals surface area (Å²) < 4.78 is 21.4. The van der Waals surface area contributed by atoms with Crippen LogP contribution in [0.4, 0.5) is 4.39 Å². The Kier molecular flexibility index (Phi) is 5.83. The van der Waals surface area contributed by atoms with Crippen LogP contribution >= 0.6 is 0 Å². The molecule has 4 heteroatoms. The van der Waals surface area contributed by atoms with Gasteiger partial charge in [-0.05, 0) is 123 Å². The van der Waals surface area contributed by atoms with Crippen molar-refractivity contribution in [1.29, 1.82) is 0 Å². The van der Waals surface area contributed by atoms with Crippen molar-refractivity contribution in [3.8, 4) is 11.5 Å². The van der Waals surface area contributed by atoms with Crippen LogP contribution in [0.5, 0.6) is 11.5 Å². The molecule has 2 aromatic carbocycles. The third kappa shape index (κ3) is 3.82. The van der Waals surface area contributed by atoms with Gasteiger partial charge in [0.25, 0.3) is 0 Å². The van der Waals surface area contributed by atoms with Gasteiger partial charge >= 0.3 is 0 Å². The number of hydrogen-bond acceptors (Lipinski definition) is 3. The first-order valence-electron chi connectivity index (χ1n) is 13.4. The fourth-order valence-corrected chi connectivity index (χ4v) is 8.07. The minimum Gasteiger partial charge on any atom is -0.508 e. The molecule has 1 saturated heterocycles. The monoisotopic (exact) mass is 463 g/mol. The highest BCUT2D eigenvalue weighted by molar-refractivity contribution is 5.43. The molecule has 0 amide bonds. The highest BCUT2D eigenvalue weighted by Gasteiger charge is 2.58. The molecule has 2 saturated carbocycles. The lowest BCUT2D eigenvalue weighted by Gasteiger charge is -2.53. The zero-order chi connectivity index (χ0) is 23.3. The number of benzene rings is 2. The molecule has 182 valence electrons. The van der Waals surface area contributed by atoms with Crippen molar-refractivity contribution < 1.29 is 14.2 Å². The maximum Gasteiger partial charge on any atom is 0.119 e. The Morgan fingerprint density at radius 1 is 1.06 bits per heavy atom. The van der Waals surface area contributed by atoms with Gasteiger partial charge in [-0.15, -0.1) is 0 Å². The van der Waals surface area contributed by atoms with E-state index >= 15 is 4.39 Å². The lowest BCUT2D eigenvalue weighted by atomic mass is 9.51. The van der Waals surface area contributed by atoms with Crippen molar-refractivity contribution in [2.45, 2.75) is 69.9 Å². The molecule has 2 aromatic rings. The molecule has 0 aromatic heterocycles. The lowest BCUT2D eigenvalue weighted by Crippen LogP contribution is -2.46. The van der Waals surface area contributed by atoms with Gasteiger partial charge in [0.05, 0.1) is 0 Å². The highest BCUT2D eigenvalue weighted by atomic mass is 19.1. The average molecular weight is 464 g/mol. The number of phenolic OH excluding ortho intramolecular Hbond substituents is 1. The number of fused-ring (bicyclic) bond motifs is 5. The number of alkyl halides is 1. The molecule has 34 heavy (non-hydrogen) atoms. The Bertz CT molecular complexity index is 1020. The maximum atomic E-state index is 15.3. The molecule has 0 unspecified atom stereocenters. The fourth-order valence-electron chi connectivity index (χ4n) is 8.07. The van der Waals surface area contributed by atoms with E-state index in [0.717, 1.165) is 44.6 Å². The van der Waals surface area contributed by atoms with Crippen LogP contribution in [0.25, 0.3) is 0 Å². The molecule has 6 atom stereocenters. The van der Waals surface area contributed by atoms with Gasteiger partial charge < -0.3 is 9.84 Å². The van der Waals surface area contributed by atoms with Gasteiger partial charge in [0, 0.05) is 12.0 Å². The second kappa shape index (κ2) is 8.86. The molecule has 0 spiro atoms. The van der Waals surface area contributed by atoms with Crippen molar-refractivity contribution in [3.63, 3.8) is 0 Å².